The first-order chi connectivity index (χ1) is 21.0. The van der Waals surface area contributed by atoms with Crippen LogP contribution in [0.3, 0.4) is 0 Å². The standard InChI is InChI=1S/C21H25.C13H10.C9H13.2ClH.Zr/c1-20(2,3)16-7-9-18-14(12-16)11-15-13-17(21(4,5)6)8-10-19(15)18;1-3-7-12(8-4-1)11-13-9-5-2-6-10-13;1-3-8-5-6-9(4-2)7-8;;;/h7-13H,1-6H3;1-10H;5-6,8H,3-4H2,1-2H3;2*1H;/q;;;;;+2/p-2. The van der Waals surface area contributed by atoms with Crippen molar-refractivity contribution in [1.82, 2.24) is 0 Å². The minimum atomic E-state index is -2.84. The van der Waals surface area contributed by atoms with E-state index in [1.54, 1.807) is 19.9 Å². The Bertz CT molecular complexity index is 1680. The van der Waals surface area contributed by atoms with E-state index in [0.29, 0.717) is 9.54 Å². The number of hydrogen-bond donors (Lipinski definition) is 0. The van der Waals surface area contributed by atoms with Crippen LogP contribution in [0, 0.1) is 5.92 Å². The molecule has 0 nitrogen and oxygen atoms in total. The van der Waals surface area contributed by atoms with Gasteiger partial charge < -0.3 is 24.8 Å². The summed E-state index contributed by atoms with van der Waals surface area (Å²) < 4.78 is 3.86. The zero-order chi connectivity index (χ0) is 31.2. The number of benzene rings is 4. The molecule has 2 aliphatic carbocycles. The van der Waals surface area contributed by atoms with Crippen LogP contribution in [0.4, 0.5) is 0 Å². The van der Waals surface area contributed by atoms with Crippen molar-refractivity contribution in [2.24, 2.45) is 5.92 Å². The maximum Gasteiger partial charge on any atom is -1.00 e. The van der Waals surface area contributed by atoms with Crippen LogP contribution in [0.1, 0.15) is 105 Å². The third kappa shape index (κ3) is 6.81. The van der Waals surface area contributed by atoms with Crippen LogP contribution >= 0.6 is 0 Å². The van der Waals surface area contributed by atoms with Crippen molar-refractivity contribution < 1.29 is 46.1 Å². The number of allylic oxidation sites excluding steroid dienone is 4. The maximum absolute atomic E-state index is 2.84. The fourth-order valence-corrected chi connectivity index (χ4v) is 17.7. The zero-order valence-corrected chi connectivity index (χ0v) is 32.7. The largest absolute Gasteiger partial charge is 1.00 e. The fourth-order valence-electron chi connectivity index (χ4n) is 7.30. The average molecular weight is 727 g/mol. The van der Waals surface area contributed by atoms with Crippen LogP contribution in [0.25, 0.3) is 11.1 Å². The first-order valence-electron chi connectivity index (χ1n) is 16.6. The number of hydrogen-bond acceptors (Lipinski definition) is 0. The van der Waals surface area contributed by atoms with Gasteiger partial charge in [-0.25, -0.2) is 0 Å². The molecule has 4 aromatic carbocycles. The van der Waals surface area contributed by atoms with Gasteiger partial charge in [0.25, 0.3) is 0 Å². The molecular formula is C43H48Cl2Zr. The second-order valence-electron chi connectivity index (χ2n) is 14.7. The van der Waals surface area contributed by atoms with Gasteiger partial charge >= 0.3 is 276 Å². The molecule has 0 fully saturated rings. The summed E-state index contributed by atoms with van der Waals surface area (Å²) in [6.45, 7) is 18.9. The zero-order valence-electron chi connectivity index (χ0n) is 28.7. The smallest absolute Gasteiger partial charge is 1.00 e. The molecule has 238 valence electrons. The van der Waals surface area contributed by atoms with Crippen molar-refractivity contribution >= 4 is 3.21 Å². The van der Waals surface area contributed by atoms with Gasteiger partial charge in [0.1, 0.15) is 0 Å². The first-order valence-corrected chi connectivity index (χ1v) is 20.5. The van der Waals surface area contributed by atoms with Gasteiger partial charge in [-0.05, 0) is 0 Å². The number of fused-ring (bicyclic) bond motifs is 3. The molecule has 0 amide bonds. The SMILES string of the molecule is CCC1=[C]([Zr+2](=[C](c2ccccc2)c2ccccc2)[CH]2c3cc(C(C)(C)C)ccc3-c3ccc(C(C)(C)C)cc32)C(CC)C=C1.[Cl-].[Cl-]. The Hall–Kier alpha value is -2.31. The summed E-state index contributed by atoms with van der Waals surface area (Å²) in [5, 5.41) is 0. The maximum atomic E-state index is 2.61. The molecule has 0 spiro atoms. The van der Waals surface area contributed by atoms with E-state index in [9.17, 15) is 0 Å². The van der Waals surface area contributed by atoms with E-state index < -0.39 is 21.3 Å². The Balaban J connectivity index is 0.00000240. The van der Waals surface area contributed by atoms with Crippen LogP contribution in [-0.2, 0) is 32.1 Å². The minimum Gasteiger partial charge on any atom is -1.00 e. The summed E-state index contributed by atoms with van der Waals surface area (Å²) in [5.74, 6) is 0.519. The number of rotatable bonds is 6. The van der Waals surface area contributed by atoms with E-state index in [2.05, 4.69) is 165 Å². The molecule has 0 N–H and O–H groups in total. The monoisotopic (exact) mass is 724 g/mol. The first kappa shape index (κ1) is 36.5. The molecule has 6 rings (SSSR count). The van der Waals surface area contributed by atoms with Gasteiger partial charge in [-0.1, -0.05) is 0 Å². The summed E-state index contributed by atoms with van der Waals surface area (Å²) in [6.07, 6.45) is 7.29. The summed E-state index contributed by atoms with van der Waals surface area (Å²) in [5.41, 5.74) is 13.5. The van der Waals surface area contributed by atoms with Gasteiger partial charge in [0, 0.05) is 0 Å². The molecule has 1 atom stereocenters. The Morgan fingerprint density at radius 3 is 1.48 bits per heavy atom. The Labute approximate surface area is 298 Å². The molecule has 0 bridgehead atoms. The molecular weight excluding hydrogens is 679 g/mol. The predicted molar refractivity (Wildman–Crippen MR) is 187 cm³/mol. The molecule has 0 saturated carbocycles. The summed E-state index contributed by atoms with van der Waals surface area (Å²) in [7, 11) is 0. The summed E-state index contributed by atoms with van der Waals surface area (Å²) in [6, 6.07) is 37.8. The molecule has 0 aliphatic heterocycles. The van der Waals surface area contributed by atoms with Crippen molar-refractivity contribution in [3.63, 3.8) is 0 Å². The average Bonchev–Trinajstić information content (AvgIpc) is 3.57. The van der Waals surface area contributed by atoms with Crippen LogP contribution in [0.2, 0.25) is 0 Å². The van der Waals surface area contributed by atoms with E-state index in [4.69, 9.17) is 0 Å². The van der Waals surface area contributed by atoms with Crippen molar-refractivity contribution in [2.75, 3.05) is 0 Å². The second kappa shape index (κ2) is 14.4. The van der Waals surface area contributed by atoms with E-state index in [-0.39, 0.29) is 35.6 Å². The molecule has 0 heterocycles. The Morgan fingerprint density at radius 2 is 1.09 bits per heavy atom. The topological polar surface area (TPSA) is 0 Å². The van der Waals surface area contributed by atoms with E-state index >= 15 is 0 Å². The van der Waals surface area contributed by atoms with Crippen molar-refractivity contribution in [2.45, 2.75) is 82.7 Å². The van der Waals surface area contributed by atoms with Gasteiger partial charge in [-0.3, -0.25) is 0 Å². The molecule has 46 heavy (non-hydrogen) atoms. The van der Waals surface area contributed by atoms with Crippen molar-refractivity contribution in [1.29, 1.82) is 0 Å². The van der Waals surface area contributed by atoms with Crippen LogP contribution < -0.4 is 24.8 Å². The molecule has 0 saturated heterocycles. The van der Waals surface area contributed by atoms with Gasteiger partial charge in [-0.2, -0.15) is 0 Å². The van der Waals surface area contributed by atoms with Gasteiger partial charge in [-0.15, -0.1) is 0 Å². The van der Waals surface area contributed by atoms with Crippen LogP contribution in [0.15, 0.2) is 118 Å². The quantitative estimate of drug-likeness (QED) is 0.246. The number of halogens is 2. The molecule has 0 radical (unpaired) electrons. The Morgan fingerprint density at radius 1 is 0.630 bits per heavy atom. The minimum absolute atomic E-state index is 0. The summed E-state index contributed by atoms with van der Waals surface area (Å²) >= 11 is -2.84. The fraction of sp³-hybridized carbons (Fsp3) is 0.326. The third-order valence-electron chi connectivity index (χ3n) is 9.79. The van der Waals surface area contributed by atoms with E-state index in [1.165, 1.54) is 33.4 Å². The van der Waals surface area contributed by atoms with Gasteiger partial charge in [0.05, 0.1) is 0 Å². The molecule has 4 aromatic rings. The molecule has 0 aromatic heterocycles. The van der Waals surface area contributed by atoms with Gasteiger partial charge in [0.15, 0.2) is 0 Å². The van der Waals surface area contributed by atoms with Crippen molar-refractivity contribution in [3.05, 3.63) is 151 Å². The normalized spacial score (nSPS) is 15.4. The molecule has 3 heteroatoms. The van der Waals surface area contributed by atoms with Crippen LogP contribution in [0.5, 0.6) is 0 Å². The molecule has 2 aliphatic rings. The molecule has 1 unspecified atom stereocenters. The van der Waals surface area contributed by atoms with Crippen LogP contribution in [-0.4, -0.2) is 3.21 Å². The predicted octanol–water partition coefficient (Wildman–Crippen LogP) is 5.51. The Kier molecular flexibility index (Phi) is 11.5. The summed E-state index contributed by atoms with van der Waals surface area (Å²) in [4.78, 5) is 0. The van der Waals surface area contributed by atoms with Gasteiger partial charge in [0.2, 0.25) is 0 Å². The second-order valence-corrected chi connectivity index (χ2v) is 20.7. The van der Waals surface area contributed by atoms with E-state index in [1.807, 2.05) is 3.28 Å². The van der Waals surface area contributed by atoms with E-state index in [0.717, 1.165) is 12.8 Å². The third-order valence-corrected chi connectivity index (χ3v) is 18.6. The van der Waals surface area contributed by atoms with Crippen molar-refractivity contribution in [3.8, 4) is 11.1 Å².